The van der Waals surface area contributed by atoms with Gasteiger partial charge < -0.3 is 14.2 Å². The minimum absolute atomic E-state index is 0.0440. The molecule has 0 aliphatic carbocycles. The Morgan fingerprint density at radius 2 is 1.75 bits per heavy atom. The number of rotatable bonds is 3. The van der Waals surface area contributed by atoms with Crippen LogP contribution in [0, 0.1) is 0 Å². The molecule has 0 N–H and O–H groups in total. The molecule has 3 heteroatoms. The van der Waals surface area contributed by atoms with E-state index in [1.807, 2.05) is 36.4 Å². The van der Waals surface area contributed by atoms with Gasteiger partial charge in [-0.25, -0.2) is 0 Å². The number of benzene rings is 2. The zero-order valence-corrected chi connectivity index (χ0v) is 11.9. The average molecular weight is 270 g/mol. The van der Waals surface area contributed by atoms with E-state index in [-0.39, 0.29) is 12.0 Å². The van der Waals surface area contributed by atoms with Crippen molar-refractivity contribution in [3.8, 4) is 17.2 Å². The zero-order chi connectivity index (χ0) is 14.1. The van der Waals surface area contributed by atoms with Gasteiger partial charge in [0.25, 0.3) is 0 Å². The van der Waals surface area contributed by atoms with E-state index in [1.54, 1.807) is 14.2 Å². The van der Waals surface area contributed by atoms with Gasteiger partial charge in [-0.05, 0) is 24.3 Å². The second-order valence-electron chi connectivity index (χ2n) is 4.97. The summed E-state index contributed by atoms with van der Waals surface area (Å²) in [5.41, 5.74) is 2.26. The van der Waals surface area contributed by atoms with Crippen molar-refractivity contribution in [2.24, 2.45) is 0 Å². The first kappa shape index (κ1) is 12.9. The monoisotopic (exact) mass is 270 g/mol. The molecule has 0 radical (unpaired) electrons. The summed E-state index contributed by atoms with van der Waals surface area (Å²) in [6.07, 6.45) is -0.0440. The van der Waals surface area contributed by atoms with Crippen LogP contribution in [0.5, 0.6) is 17.2 Å². The molecule has 104 valence electrons. The van der Waals surface area contributed by atoms with Crippen molar-refractivity contribution in [3.05, 3.63) is 53.6 Å². The first-order valence-electron chi connectivity index (χ1n) is 6.72. The summed E-state index contributed by atoms with van der Waals surface area (Å²) in [6, 6.07) is 14.0. The van der Waals surface area contributed by atoms with Crippen LogP contribution in [0.1, 0.15) is 30.1 Å². The average Bonchev–Trinajstić information content (AvgIpc) is 2.84. The van der Waals surface area contributed by atoms with Gasteiger partial charge in [-0.2, -0.15) is 0 Å². The summed E-state index contributed by atoms with van der Waals surface area (Å²) >= 11 is 0. The molecule has 2 atom stereocenters. The molecule has 0 unspecified atom stereocenters. The lowest BCUT2D eigenvalue weighted by Crippen LogP contribution is -2.09. The Balaban J connectivity index is 2.03. The Labute approximate surface area is 119 Å². The Bertz CT molecular complexity index is 621. The maximum Gasteiger partial charge on any atom is 0.134 e. The highest BCUT2D eigenvalue weighted by Gasteiger charge is 2.33. The van der Waals surface area contributed by atoms with E-state index in [4.69, 9.17) is 14.2 Å². The van der Waals surface area contributed by atoms with Gasteiger partial charge >= 0.3 is 0 Å². The topological polar surface area (TPSA) is 27.7 Å². The highest BCUT2D eigenvalue weighted by Crippen LogP contribution is 2.48. The van der Waals surface area contributed by atoms with Crippen molar-refractivity contribution in [1.82, 2.24) is 0 Å². The third-order valence-corrected chi connectivity index (χ3v) is 3.86. The van der Waals surface area contributed by atoms with Crippen molar-refractivity contribution >= 4 is 0 Å². The predicted octanol–water partition coefficient (Wildman–Crippen LogP) is 3.94. The Hall–Kier alpha value is -2.16. The van der Waals surface area contributed by atoms with Gasteiger partial charge in [-0.3, -0.25) is 0 Å². The zero-order valence-electron chi connectivity index (χ0n) is 11.9. The van der Waals surface area contributed by atoms with E-state index in [1.165, 1.54) is 5.56 Å². The lowest BCUT2D eigenvalue weighted by Gasteiger charge is -2.19. The second kappa shape index (κ2) is 5.08. The highest BCUT2D eigenvalue weighted by molar-refractivity contribution is 5.48. The molecule has 0 saturated heterocycles. The van der Waals surface area contributed by atoms with Crippen LogP contribution in [-0.4, -0.2) is 14.2 Å². The van der Waals surface area contributed by atoms with Crippen molar-refractivity contribution in [3.63, 3.8) is 0 Å². The molecular weight excluding hydrogens is 252 g/mol. The molecule has 0 bridgehead atoms. The standard InChI is InChI=1S/C17H18O3/c1-11-13-6-4-5-7-16(13)20-17(11)14-10-12(18-2)8-9-15(14)19-3/h4-11,17H,1-3H3/t11-,17-/m1/s1. The van der Waals surface area contributed by atoms with Crippen molar-refractivity contribution in [2.75, 3.05) is 14.2 Å². The van der Waals surface area contributed by atoms with Gasteiger partial charge in [-0.15, -0.1) is 0 Å². The quantitative estimate of drug-likeness (QED) is 0.845. The molecule has 0 spiro atoms. The van der Waals surface area contributed by atoms with Crippen LogP contribution in [0.25, 0.3) is 0 Å². The SMILES string of the molecule is COc1ccc(OC)c([C@@H]2Oc3ccccc3[C@H]2C)c1. The molecule has 0 amide bonds. The molecule has 0 aromatic heterocycles. The number of hydrogen-bond acceptors (Lipinski definition) is 3. The Morgan fingerprint density at radius 3 is 2.45 bits per heavy atom. The molecule has 2 aromatic rings. The van der Waals surface area contributed by atoms with Gasteiger partial charge in [0.1, 0.15) is 23.4 Å². The molecule has 3 rings (SSSR count). The van der Waals surface area contributed by atoms with Crippen molar-refractivity contribution in [2.45, 2.75) is 18.9 Å². The molecule has 0 saturated carbocycles. The first-order valence-corrected chi connectivity index (χ1v) is 6.72. The molecule has 1 aliphatic heterocycles. The fourth-order valence-electron chi connectivity index (χ4n) is 2.76. The molecule has 1 heterocycles. The molecule has 2 aromatic carbocycles. The number of hydrogen-bond donors (Lipinski definition) is 0. The van der Waals surface area contributed by atoms with Crippen LogP contribution in [0.4, 0.5) is 0 Å². The fourth-order valence-corrected chi connectivity index (χ4v) is 2.76. The summed E-state index contributed by atoms with van der Waals surface area (Å²) in [7, 11) is 3.34. The smallest absolute Gasteiger partial charge is 0.134 e. The van der Waals surface area contributed by atoms with Gasteiger partial charge in [0.05, 0.1) is 14.2 Å². The largest absolute Gasteiger partial charge is 0.497 e. The van der Waals surface area contributed by atoms with Gasteiger partial charge in [0.15, 0.2) is 0 Å². The summed E-state index contributed by atoms with van der Waals surface area (Å²) < 4.78 is 16.9. The van der Waals surface area contributed by atoms with E-state index < -0.39 is 0 Å². The summed E-state index contributed by atoms with van der Waals surface area (Å²) in [4.78, 5) is 0. The van der Waals surface area contributed by atoms with E-state index in [0.717, 1.165) is 22.8 Å². The Kier molecular flexibility index (Phi) is 3.26. The molecular formula is C17H18O3. The minimum Gasteiger partial charge on any atom is -0.497 e. The number of methoxy groups -OCH3 is 2. The van der Waals surface area contributed by atoms with E-state index in [2.05, 4.69) is 13.0 Å². The Morgan fingerprint density at radius 1 is 0.950 bits per heavy atom. The minimum atomic E-state index is -0.0440. The lowest BCUT2D eigenvalue weighted by atomic mass is 9.92. The summed E-state index contributed by atoms with van der Waals surface area (Å²) in [6.45, 7) is 2.18. The predicted molar refractivity (Wildman–Crippen MR) is 77.8 cm³/mol. The summed E-state index contributed by atoms with van der Waals surface area (Å²) in [5, 5.41) is 0. The molecule has 20 heavy (non-hydrogen) atoms. The van der Waals surface area contributed by atoms with Crippen LogP contribution in [0.3, 0.4) is 0 Å². The summed E-state index contributed by atoms with van der Waals surface area (Å²) in [5.74, 6) is 2.88. The van der Waals surface area contributed by atoms with E-state index >= 15 is 0 Å². The third-order valence-electron chi connectivity index (χ3n) is 3.86. The van der Waals surface area contributed by atoms with E-state index in [9.17, 15) is 0 Å². The van der Waals surface area contributed by atoms with Crippen molar-refractivity contribution in [1.29, 1.82) is 0 Å². The normalized spacial score (nSPS) is 20.1. The fraction of sp³-hybridized carbons (Fsp3) is 0.294. The van der Waals surface area contributed by atoms with Crippen LogP contribution in [0.2, 0.25) is 0 Å². The van der Waals surface area contributed by atoms with E-state index in [0.29, 0.717) is 0 Å². The lowest BCUT2D eigenvalue weighted by molar-refractivity contribution is 0.209. The number of para-hydroxylation sites is 1. The van der Waals surface area contributed by atoms with Crippen LogP contribution >= 0.6 is 0 Å². The highest BCUT2D eigenvalue weighted by atomic mass is 16.5. The number of fused-ring (bicyclic) bond motifs is 1. The van der Waals surface area contributed by atoms with Crippen molar-refractivity contribution < 1.29 is 14.2 Å². The van der Waals surface area contributed by atoms with Gasteiger partial charge in [0, 0.05) is 17.0 Å². The molecule has 3 nitrogen and oxygen atoms in total. The third kappa shape index (κ3) is 1.99. The van der Waals surface area contributed by atoms with Gasteiger partial charge in [-0.1, -0.05) is 25.1 Å². The maximum absolute atomic E-state index is 6.11. The van der Waals surface area contributed by atoms with Crippen LogP contribution in [-0.2, 0) is 0 Å². The van der Waals surface area contributed by atoms with Crippen LogP contribution in [0.15, 0.2) is 42.5 Å². The van der Waals surface area contributed by atoms with Crippen LogP contribution < -0.4 is 14.2 Å². The number of ether oxygens (including phenoxy) is 3. The maximum atomic E-state index is 6.11. The second-order valence-corrected chi connectivity index (χ2v) is 4.97. The molecule has 0 fully saturated rings. The van der Waals surface area contributed by atoms with Gasteiger partial charge in [0.2, 0.25) is 0 Å². The molecule has 1 aliphatic rings. The first-order chi connectivity index (χ1) is 9.74.